The van der Waals surface area contributed by atoms with Gasteiger partial charge in [-0.2, -0.15) is 0 Å². The van der Waals surface area contributed by atoms with Crippen molar-refractivity contribution in [2.24, 2.45) is 0 Å². The number of aromatic nitrogens is 1. The summed E-state index contributed by atoms with van der Waals surface area (Å²) in [6.07, 6.45) is 0. The van der Waals surface area contributed by atoms with E-state index in [0.29, 0.717) is 32.2 Å². The Morgan fingerprint density at radius 1 is 1.11 bits per heavy atom. The van der Waals surface area contributed by atoms with E-state index in [9.17, 15) is 9.59 Å². The second kappa shape index (κ2) is 7.94. The molecule has 2 aromatic carbocycles. The van der Waals surface area contributed by atoms with Crippen molar-refractivity contribution in [2.45, 2.75) is 13.8 Å². The van der Waals surface area contributed by atoms with Gasteiger partial charge >= 0.3 is 5.97 Å². The van der Waals surface area contributed by atoms with Crippen LogP contribution in [0.3, 0.4) is 0 Å². The highest BCUT2D eigenvalue weighted by Gasteiger charge is 2.19. The normalized spacial score (nSPS) is 10.7. The van der Waals surface area contributed by atoms with Gasteiger partial charge < -0.3 is 10.1 Å². The monoisotopic (exact) mass is 402 g/mol. The molecule has 3 rings (SSSR count). The van der Waals surface area contributed by atoms with E-state index in [1.54, 1.807) is 25.1 Å². The van der Waals surface area contributed by atoms with Gasteiger partial charge in [0.2, 0.25) is 0 Å². The van der Waals surface area contributed by atoms with Crippen molar-refractivity contribution >= 4 is 51.7 Å². The first-order valence-electron chi connectivity index (χ1n) is 8.15. The highest BCUT2D eigenvalue weighted by Crippen LogP contribution is 2.26. The van der Waals surface area contributed by atoms with E-state index >= 15 is 0 Å². The molecule has 0 aliphatic rings. The second-order valence-corrected chi connectivity index (χ2v) is 6.81. The summed E-state index contributed by atoms with van der Waals surface area (Å²) in [6, 6.07) is 12.0. The van der Waals surface area contributed by atoms with Crippen molar-refractivity contribution < 1.29 is 14.3 Å². The predicted octanol–water partition coefficient (Wildman–Crippen LogP) is 4.95. The van der Waals surface area contributed by atoms with E-state index in [-0.39, 0.29) is 0 Å². The lowest BCUT2D eigenvalue weighted by Gasteiger charge is -2.12. The Morgan fingerprint density at radius 3 is 2.63 bits per heavy atom. The number of para-hydroxylation sites is 1. The topological polar surface area (TPSA) is 68.3 Å². The van der Waals surface area contributed by atoms with Gasteiger partial charge in [0.25, 0.3) is 5.91 Å². The molecule has 1 aromatic heterocycles. The number of fused-ring (bicyclic) bond motifs is 1. The zero-order valence-corrected chi connectivity index (χ0v) is 16.2. The van der Waals surface area contributed by atoms with E-state index in [1.165, 1.54) is 6.07 Å². The SMILES string of the molecule is Cc1nc2ccccc2c(C(=O)OCC(=O)Nc2cc(Cl)ccc2Cl)c1C. The first-order chi connectivity index (χ1) is 12.9. The molecule has 1 heterocycles. The minimum Gasteiger partial charge on any atom is -0.452 e. The molecule has 0 unspecified atom stereocenters. The van der Waals surface area contributed by atoms with Gasteiger partial charge in [-0.3, -0.25) is 9.78 Å². The molecule has 0 bridgehead atoms. The average Bonchev–Trinajstić information content (AvgIpc) is 2.64. The maximum absolute atomic E-state index is 12.6. The summed E-state index contributed by atoms with van der Waals surface area (Å²) in [7, 11) is 0. The molecule has 0 aliphatic carbocycles. The molecule has 0 saturated heterocycles. The third-order valence-corrected chi connectivity index (χ3v) is 4.68. The third-order valence-electron chi connectivity index (χ3n) is 4.12. The van der Waals surface area contributed by atoms with Gasteiger partial charge in [0.05, 0.1) is 21.8 Å². The number of amides is 1. The Balaban J connectivity index is 1.76. The number of nitrogens with one attached hydrogen (secondary N) is 1. The van der Waals surface area contributed by atoms with E-state index in [0.717, 1.165) is 11.3 Å². The van der Waals surface area contributed by atoms with Crippen LogP contribution in [0.4, 0.5) is 5.69 Å². The van der Waals surface area contributed by atoms with Gasteiger partial charge in [-0.15, -0.1) is 0 Å². The summed E-state index contributed by atoms with van der Waals surface area (Å²) in [5.41, 5.74) is 2.91. The van der Waals surface area contributed by atoms with Crippen LogP contribution in [0.2, 0.25) is 10.0 Å². The minimum atomic E-state index is -0.582. The van der Waals surface area contributed by atoms with Crippen molar-refractivity contribution in [3.8, 4) is 0 Å². The van der Waals surface area contributed by atoms with Gasteiger partial charge in [0, 0.05) is 16.1 Å². The van der Waals surface area contributed by atoms with Crippen LogP contribution in [0.1, 0.15) is 21.6 Å². The second-order valence-electron chi connectivity index (χ2n) is 5.96. The number of hydrogen-bond acceptors (Lipinski definition) is 4. The Labute approximate surface area is 166 Å². The standard InChI is InChI=1S/C20H16Cl2N2O3/c1-11-12(2)23-16-6-4-3-5-14(16)19(11)20(26)27-10-18(25)24-17-9-13(21)7-8-15(17)22/h3-9H,10H2,1-2H3,(H,24,25). The van der Waals surface area contributed by atoms with Crippen molar-refractivity contribution in [1.82, 2.24) is 4.98 Å². The maximum Gasteiger partial charge on any atom is 0.339 e. The number of nitrogens with zero attached hydrogens (tertiary/aromatic N) is 1. The third kappa shape index (κ3) is 4.21. The van der Waals surface area contributed by atoms with Crippen LogP contribution in [0.15, 0.2) is 42.5 Å². The number of anilines is 1. The summed E-state index contributed by atoms with van der Waals surface area (Å²) in [4.78, 5) is 29.2. The Morgan fingerprint density at radius 2 is 1.85 bits per heavy atom. The molecule has 0 fully saturated rings. The Hall–Kier alpha value is -2.63. The fourth-order valence-electron chi connectivity index (χ4n) is 2.68. The van der Waals surface area contributed by atoms with E-state index in [1.807, 2.05) is 25.1 Å². The molecule has 0 aliphatic heterocycles. The van der Waals surface area contributed by atoms with Crippen LogP contribution in [-0.2, 0) is 9.53 Å². The maximum atomic E-state index is 12.6. The van der Waals surface area contributed by atoms with Crippen LogP contribution >= 0.6 is 23.2 Å². The molecule has 0 atom stereocenters. The van der Waals surface area contributed by atoms with Crippen molar-refractivity contribution in [2.75, 3.05) is 11.9 Å². The van der Waals surface area contributed by atoms with Gasteiger partial charge in [0.15, 0.2) is 6.61 Å². The zero-order chi connectivity index (χ0) is 19.6. The first kappa shape index (κ1) is 19.1. The highest BCUT2D eigenvalue weighted by molar-refractivity contribution is 6.35. The van der Waals surface area contributed by atoms with Gasteiger partial charge in [-0.25, -0.2) is 4.79 Å². The fourth-order valence-corrected chi connectivity index (χ4v) is 3.01. The molecule has 138 valence electrons. The fraction of sp³-hybridized carbons (Fsp3) is 0.150. The van der Waals surface area contributed by atoms with Crippen molar-refractivity contribution in [3.05, 3.63) is 69.3 Å². The first-order valence-corrected chi connectivity index (χ1v) is 8.90. The zero-order valence-electron chi connectivity index (χ0n) is 14.7. The van der Waals surface area contributed by atoms with Crippen LogP contribution in [0, 0.1) is 13.8 Å². The summed E-state index contributed by atoms with van der Waals surface area (Å²) in [6.45, 7) is 3.18. The molecule has 27 heavy (non-hydrogen) atoms. The van der Waals surface area contributed by atoms with E-state index in [2.05, 4.69) is 10.3 Å². The Kier molecular flexibility index (Phi) is 5.63. The summed E-state index contributed by atoms with van der Waals surface area (Å²) in [5, 5.41) is 4.03. The van der Waals surface area contributed by atoms with Crippen molar-refractivity contribution in [1.29, 1.82) is 0 Å². The number of carbonyl (C=O) groups excluding carboxylic acids is 2. The van der Waals surface area contributed by atoms with Crippen LogP contribution in [0.25, 0.3) is 10.9 Å². The summed E-state index contributed by atoms with van der Waals surface area (Å²) >= 11 is 11.9. The average molecular weight is 403 g/mol. The molecule has 7 heteroatoms. The van der Waals surface area contributed by atoms with Crippen molar-refractivity contribution in [3.63, 3.8) is 0 Å². The lowest BCUT2D eigenvalue weighted by atomic mass is 10.0. The van der Waals surface area contributed by atoms with Gasteiger partial charge in [-0.1, -0.05) is 41.4 Å². The molecule has 0 radical (unpaired) electrons. The lowest BCUT2D eigenvalue weighted by Crippen LogP contribution is -2.21. The van der Waals surface area contributed by atoms with E-state index < -0.39 is 18.5 Å². The molecule has 1 N–H and O–H groups in total. The Bertz CT molecular complexity index is 1050. The number of carbonyl (C=O) groups is 2. The van der Waals surface area contributed by atoms with Crippen LogP contribution in [0.5, 0.6) is 0 Å². The van der Waals surface area contributed by atoms with E-state index in [4.69, 9.17) is 27.9 Å². The van der Waals surface area contributed by atoms with Gasteiger partial charge in [0.1, 0.15) is 0 Å². The molecule has 1 amide bonds. The molecule has 5 nitrogen and oxygen atoms in total. The quantitative estimate of drug-likeness (QED) is 0.626. The number of pyridine rings is 1. The number of ether oxygens (including phenoxy) is 1. The van der Waals surface area contributed by atoms with Crippen LogP contribution < -0.4 is 5.32 Å². The molecule has 0 saturated carbocycles. The largest absolute Gasteiger partial charge is 0.452 e. The smallest absolute Gasteiger partial charge is 0.339 e. The number of rotatable bonds is 4. The lowest BCUT2D eigenvalue weighted by molar-refractivity contribution is -0.119. The van der Waals surface area contributed by atoms with Gasteiger partial charge in [-0.05, 0) is 43.7 Å². The number of halogens is 2. The number of benzene rings is 2. The summed E-state index contributed by atoms with van der Waals surface area (Å²) < 4.78 is 5.22. The predicted molar refractivity (Wildman–Crippen MR) is 107 cm³/mol. The summed E-state index contributed by atoms with van der Waals surface area (Å²) in [5.74, 6) is -1.10. The highest BCUT2D eigenvalue weighted by atomic mass is 35.5. The molecule has 3 aromatic rings. The number of aryl methyl sites for hydroxylation is 1. The number of esters is 1. The molecular weight excluding hydrogens is 387 g/mol. The molecule has 0 spiro atoms. The number of hydrogen-bond donors (Lipinski definition) is 1. The minimum absolute atomic E-state index is 0.339. The van der Waals surface area contributed by atoms with Crippen LogP contribution in [-0.4, -0.2) is 23.5 Å². The molecular formula is C20H16Cl2N2O3.